The number of rotatable bonds is 7. The van der Waals surface area contributed by atoms with Crippen LogP contribution in [0.2, 0.25) is 19.6 Å². The molecule has 4 aromatic rings. The van der Waals surface area contributed by atoms with Crippen molar-refractivity contribution >= 4 is 40.7 Å². The van der Waals surface area contributed by atoms with E-state index in [4.69, 9.17) is 19.0 Å². The highest BCUT2D eigenvalue weighted by Gasteiger charge is 2.43. The molecule has 3 fully saturated rings. The fraction of sp³-hybridized carbons (Fsp3) is 0.441. The summed E-state index contributed by atoms with van der Waals surface area (Å²) >= 11 is 1.59. The van der Waals surface area contributed by atoms with Crippen molar-refractivity contribution in [3.05, 3.63) is 64.4 Å². The number of halogens is 2. The van der Waals surface area contributed by atoms with Crippen LogP contribution in [0.3, 0.4) is 0 Å². The van der Waals surface area contributed by atoms with Crippen LogP contribution >= 0.6 is 11.3 Å². The van der Waals surface area contributed by atoms with Gasteiger partial charge in [0.2, 0.25) is 0 Å². The molecule has 2 aromatic carbocycles. The first-order valence-electron chi connectivity index (χ1n) is 15.5. The molecule has 2 aromatic heterocycles. The Hall–Kier alpha value is -3.59. The van der Waals surface area contributed by atoms with Gasteiger partial charge in [-0.25, -0.2) is 18.6 Å². The number of methoxy groups -OCH3 is 1. The second-order valence-corrected chi connectivity index (χ2v) is 19.1. The highest BCUT2D eigenvalue weighted by Crippen LogP contribution is 2.46. The lowest BCUT2D eigenvalue weighted by Gasteiger charge is -2.38. The maximum atomic E-state index is 14.7. The number of hydrogen-bond donors (Lipinski definition) is 0. The Bertz CT molecular complexity index is 1820. The van der Waals surface area contributed by atoms with Crippen LogP contribution in [0.5, 0.6) is 0 Å². The number of carbonyl (C=O) groups excluding carboxylic acids is 1. The minimum absolute atomic E-state index is 0.0162. The second kappa shape index (κ2) is 11.6. The third kappa shape index (κ3) is 5.91. The maximum Gasteiger partial charge on any atom is 0.337 e. The number of hydrogen-bond acceptors (Lipinski definition) is 8. The summed E-state index contributed by atoms with van der Waals surface area (Å²) in [6.45, 7) is 6.75. The zero-order chi connectivity index (χ0) is 31.5. The quantitative estimate of drug-likeness (QED) is 0.115. The highest BCUT2D eigenvalue weighted by atomic mass is 32.1. The van der Waals surface area contributed by atoms with E-state index in [2.05, 4.69) is 41.2 Å². The van der Waals surface area contributed by atoms with E-state index in [-0.39, 0.29) is 47.9 Å². The largest absolute Gasteiger partial charge is 0.465 e. The first-order chi connectivity index (χ1) is 21.6. The molecule has 7 rings (SSSR count). The lowest BCUT2D eigenvalue weighted by Crippen LogP contribution is -2.45. The number of nitrogens with zero attached hydrogens (tertiary/aromatic N) is 3. The molecule has 0 amide bonds. The molecule has 4 heterocycles. The number of ether oxygens (including phenoxy) is 2. The Morgan fingerprint density at radius 3 is 2.47 bits per heavy atom. The third-order valence-corrected chi connectivity index (χ3v) is 10.7. The molecule has 2 unspecified atom stereocenters. The molecule has 0 spiro atoms. The van der Waals surface area contributed by atoms with Gasteiger partial charge in [0.25, 0.3) is 0 Å². The van der Waals surface area contributed by atoms with Crippen molar-refractivity contribution in [1.29, 1.82) is 0 Å². The zero-order valence-corrected chi connectivity index (χ0v) is 27.6. The molecule has 0 radical (unpaired) electrons. The van der Waals surface area contributed by atoms with E-state index in [1.54, 1.807) is 17.4 Å². The molecule has 1 aliphatic carbocycles. The second-order valence-electron chi connectivity index (χ2n) is 13.3. The molecule has 1 saturated carbocycles. The summed E-state index contributed by atoms with van der Waals surface area (Å²) < 4.78 is 47.5. The first-order valence-corrected chi connectivity index (χ1v) is 19.8. The van der Waals surface area contributed by atoms with E-state index in [9.17, 15) is 13.6 Å². The molecular weight excluding hydrogens is 613 g/mol. The van der Waals surface area contributed by atoms with Crippen molar-refractivity contribution < 1.29 is 27.6 Å². The topological polar surface area (TPSA) is 77.7 Å². The van der Waals surface area contributed by atoms with Crippen molar-refractivity contribution in [2.24, 2.45) is 0 Å². The van der Waals surface area contributed by atoms with Gasteiger partial charge in [-0.2, -0.15) is 0 Å². The van der Waals surface area contributed by atoms with Gasteiger partial charge in [0, 0.05) is 23.6 Å². The average Bonchev–Trinajstić information content (AvgIpc) is 3.53. The number of anilines is 1. The number of benzene rings is 2. The maximum absolute atomic E-state index is 14.7. The van der Waals surface area contributed by atoms with Gasteiger partial charge in [-0.05, 0) is 62.8 Å². The molecule has 2 saturated heterocycles. The van der Waals surface area contributed by atoms with Crippen LogP contribution in [-0.2, 0) is 16.1 Å². The van der Waals surface area contributed by atoms with E-state index in [0.29, 0.717) is 16.9 Å². The Morgan fingerprint density at radius 1 is 1.11 bits per heavy atom. The lowest BCUT2D eigenvalue weighted by atomic mass is 9.99. The molecule has 3 aliphatic rings. The standard InChI is InChI=1S/C34H35F2N3O4SSi/c1-41-33(40)21-14-20(12-13-45(2,3)4)30-28(15-21)44-34(37-30)39-22-10-11-23(39)17-24(16-22)42-18-25-31(38-43-32(25)19-8-9-19)29-26(35)6-5-7-27(29)36/h5-7,14-15,19,22-24H,8-11,16-18H2,1-4H3. The number of fused-ring (bicyclic) bond motifs is 3. The fourth-order valence-electron chi connectivity index (χ4n) is 6.54. The summed E-state index contributed by atoms with van der Waals surface area (Å²) in [5.74, 6) is 2.51. The van der Waals surface area contributed by atoms with Crippen LogP contribution in [0.15, 0.2) is 34.9 Å². The number of thiazole rings is 1. The highest BCUT2D eigenvalue weighted by molar-refractivity contribution is 7.22. The zero-order valence-electron chi connectivity index (χ0n) is 25.8. The minimum Gasteiger partial charge on any atom is -0.465 e. The Balaban J connectivity index is 1.13. The molecular formula is C34H35F2N3O4SSi. The van der Waals surface area contributed by atoms with Crippen LogP contribution < -0.4 is 4.90 Å². The van der Waals surface area contributed by atoms with Gasteiger partial charge in [0.1, 0.15) is 31.2 Å². The number of carbonyl (C=O) groups is 1. The van der Waals surface area contributed by atoms with Crippen molar-refractivity contribution in [2.75, 3.05) is 12.0 Å². The fourth-order valence-corrected chi connectivity index (χ4v) is 8.22. The Kier molecular flexibility index (Phi) is 7.78. The monoisotopic (exact) mass is 647 g/mol. The summed E-state index contributed by atoms with van der Waals surface area (Å²) in [4.78, 5) is 20.0. The van der Waals surface area contributed by atoms with Gasteiger partial charge >= 0.3 is 5.97 Å². The van der Waals surface area contributed by atoms with Gasteiger partial charge in [0.15, 0.2) is 5.13 Å². The van der Waals surface area contributed by atoms with Gasteiger partial charge in [-0.1, -0.05) is 48.1 Å². The summed E-state index contributed by atoms with van der Waals surface area (Å²) in [5, 5.41) is 5.05. The predicted octanol–water partition coefficient (Wildman–Crippen LogP) is 7.84. The number of piperidine rings is 1. The Morgan fingerprint density at radius 2 is 1.82 bits per heavy atom. The summed E-state index contributed by atoms with van der Waals surface area (Å²) in [6.07, 6.45) is 5.62. The molecule has 7 nitrogen and oxygen atoms in total. The number of esters is 1. The van der Waals surface area contributed by atoms with Crippen molar-refractivity contribution in [1.82, 2.24) is 10.1 Å². The van der Waals surface area contributed by atoms with Crippen molar-refractivity contribution in [2.45, 2.75) is 88.9 Å². The summed E-state index contributed by atoms with van der Waals surface area (Å²) in [7, 11) is -0.276. The van der Waals surface area contributed by atoms with Crippen LogP contribution in [0, 0.1) is 23.1 Å². The van der Waals surface area contributed by atoms with Gasteiger partial charge in [0.05, 0.1) is 46.7 Å². The molecule has 0 N–H and O–H groups in total. The predicted molar refractivity (Wildman–Crippen MR) is 172 cm³/mol. The molecule has 2 bridgehead atoms. The SMILES string of the molecule is COC(=O)c1cc(C#C[Si](C)(C)C)c2nc(N3C4CCC3CC(OCc3c(-c5c(F)cccc5F)noc3C3CC3)C4)sc2c1. The molecule has 2 atom stereocenters. The molecule has 234 valence electrons. The lowest BCUT2D eigenvalue weighted by molar-refractivity contribution is 0.0147. The van der Waals surface area contributed by atoms with Crippen LogP contribution in [0.25, 0.3) is 21.5 Å². The van der Waals surface area contributed by atoms with Gasteiger partial charge < -0.3 is 18.9 Å². The summed E-state index contributed by atoms with van der Waals surface area (Å²) in [6, 6.07) is 7.97. The first kappa shape index (κ1) is 30.1. The van der Waals surface area contributed by atoms with Crippen molar-refractivity contribution in [3.63, 3.8) is 0 Å². The Labute approximate surface area is 265 Å². The average molecular weight is 648 g/mol. The molecule has 2 aliphatic heterocycles. The van der Waals surface area contributed by atoms with Gasteiger partial charge in [-0.15, -0.1) is 5.54 Å². The third-order valence-electron chi connectivity index (χ3n) is 8.82. The summed E-state index contributed by atoms with van der Waals surface area (Å²) in [5.41, 5.74) is 6.15. The molecule has 45 heavy (non-hydrogen) atoms. The smallest absolute Gasteiger partial charge is 0.337 e. The minimum atomic E-state index is -1.66. The van der Waals surface area contributed by atoms with E-state index >= 15 is 0 Å². The van der Waals surface area contributed by atoms with E-state index in [0.717, 1.165) is 59.4 Å². The van der Waals surface area contributed by atoms with E-state index in [1.807, 2.05) is 6.07 Å². The van der Waals surface area contributed by atoms with E-state index < -0.39 is 19.7 Å². The van der Waals surface area contributed by atoms with Gasteiger partial charge in [-0.3, -0.25) is 0 Å². The normalized spacial score (nSPS) is 21.2. The van der Waals surface area contributed by atoms with Crippen LogP contribution in [0.4, 0.5) is 13.9 Å². The number of aromatic nitrogens is 2. The van der Waals surface area contributed by atoms with Crippen LogP contribution in [0.1, 0.15) is 71.7 Å². The molecule has 11 heteroatoms. The van der Waals surface area contributed by atoms with Crippen LogP contribution in [-0.4, -0.2) is 49.5 Å². The van der Waals surface area contributed by atoms with E-state index in [1.165, 1.54) is 25.3 Å². The van der Waals surface area contributed by atoms with Crippen molar-refractivity contribution in [3.8, 4) is 22.7 Å².